The Morgan fingerprint density at radius 1 is 1.32 bits per heavy atom. The Kier molecular flexibility index (Phi) is 5.25. The van der Waals surface area contributed by atoms with Crippen molar-refractivity contribution in [2.45, 2.75) is 38.1 Å². The summed E-state index contributed by atoms with van der Waals surface area (Å²) in [6.45, 7) is 4.04. The van der Waals surface area contributed by atoms with E-state index >= 15 is 0 Å². The first-order valence-corrected chi connectivity index (χ1v) is 10.7. The molecule has 0 radical (unpaired) electrons. The number of methoxy groups -OCH3 is 1. The van der Waals surface area contributed by atoms with E-state index in [2.05, 4.69) is 16.9 Å². The van der Waals surface area contributed by atoms with E-state index in [0.717, 1.165) is 29.8 Å². The lowest BCUT2D eigenvalue weighted by atomic mass is 9.78. The van der Waals surface area contributed by atoms with Crippen LogP contribution in [0.15, 0.2) is 17.8 Å². The van der Waals surface area contributed by atoms with Gasteiger partial charge in [-0.1, -0.05) is 6.92 Å². The molecule has 0 atom stereocenters. The van der Waals surface area contributed by atoms with Crippen LogP contribution in [0.1, 0.15) is 46.4 Å². The van der Waals surface area contributed by atoms with Gasteiger partial charge in [-0.2, -0.15) is 0 Å². The topological polar surface area (TPSA) is 78.5 Å². The van der Waals surface area contributed by atoms with Crippen molar-refractivity contribution in [2.75, 3.05) is 33.4 Å². The maximum Gasteiger partial charge on any atom is 0.254 e. The van der Waals surface area contributed by atoms with Gasteiger partial charge in [0.1, 0.15) is 6.61 Å². The molecule has 1 fully saturated rings. The fourth-order valence-electron chi connectivity index (χ4n) is 4.49. The van der Waals surface area contributed by atoms with Gasteiger partial charge in [0.15, 0.2) is 0 Å². The van der Waals surface area contributed by atoms with Gasteiger partial charge in [-0.25, -0.2) is 4.98 Å². The number of ether oxygens (including phenoxy) is 1. The molecule has 4 heterocycles. The molecule has 0 bridgehead atoms. The average Bonchev–Trinajstić information content (AvgIpc) is 3.38. The minimum atomic E-state index is -0.455. The second-order valence-corrected chi connectivity index (χ2v) is 8.43. The minimum Gasteiger partial charge on any atom is -0.375 e. The SMILES string of the molecule is CCc1cc(C(=O)N2CCC3(CC2)c2nc[nH]c2CCN3C(=O)COC)cs1. The van der Waals surface area contributed by atoms with Crippen molar-refractivity contribution in [1.82, 2.24) is 19.8 Å². The lowest BCUT2D eigenvalue weighted by molar-refractivity contribution is -0.145. The number of piperidine rings is 1. The number of nitrogens with zero attached hydrogens (tertiary/aromatic N) is 3. The molecule has 4 rings (SSSR count). The maximum atomic E-state index is 12.9. The first kappa shape index (κ1) is 19.1. The van der Waals surface area contributed by atoms with E-state index < -0.39 is 5.54 Å². The summed E-state index contributed by atoms with van der Waals surface area (Å²) in [7, 11) is 1.54. The zero-order valence-corrected chi connectivity index (χ0v) is 17.2. The normalized spacial score (nSPS) is 18.4. The molecule has 2 amide bonds. The monoisotopic (exact) mass is 402 g/mol. The number of carbonyl (C=O) groups excluding carboxylic acids is 2. The van der Waals surface area contributed by atoms with Gasteiger partial charge in [0.05, 0.1) is 23.1 Å². The second kappa shape index (κ2) is 7.67. The highest BCUT2D eigenvalue weighted by Crippen LogP contribution is 2.42. The summed E-state index contributed by atoms with van der Waals surface area (Å²) in [5, 5.41) is 1.95. The second-order valence-electron chi connectivity index (χ2n) is 7.44. The van der Waals surface area contributed by atoms with Crippen molar-refractivity contribution in [1.29, 1.82) is 0 Å². The van der Waals surface area contributed by atoms with Gasteiger partial charge in [0.25, 0.3) is 5.91 Å². The number of carbonyl (C=O) groups is 2. The van der Waals surface area contributed by atoms with Gasteiger partial charge in [-0.15, -0.1) is 11.3 Å². The predicted octanol–water partition coefficient (Wildman–Crippen LogP) is 2.20. The summed E-state index contributed by atoms with van der Waals surface area (Å²) >= 11 is 1.64. The summed E-state index contributed by atoms with van der Waals surface area (Å²) in [4.78, 5) is 38.6. The molecular weight excluding hydrogens is 376 g/mol. The van der Waals surface area contributed by atoms with E-state index in [1.165, 1.54) is 4.88 Å². The zero-order chi connectivity index (χ0) is 19.7. The molecule has 8 heteroatoms. The summed E-state index contributed by atoms with van der Waals surface area (Å²) in [5.74, 6) is 0.0694. The van der Waals surface area contributed by atoms with Crippen LogP contribution in [0.5, 0.6) is 0 Å². The Labute approximate surface area is 168 Å². The number of nitrogens with one attached hydrogen (secondary N) is 1. The third kappa shape index (κ3) is 3.14. The maximum absolute atomic E-state index is 12.9. The van der Waals surface area contributed by atoms with E-state index in [-0.39, 0.29) is 18.4 Å². The fourth-order valence-corrected chi connectivity index (χ4v) is 5.30. The Hall–Kier alpha value is -2.19. The molecule has 2 aliphatic rings. The van der Waals surface area contributed by atoms with Crippen LogP contribution in [-0.2, 0) is 27.9 Å². The summed E-state index contributed by atoms with van der Waals surface area (Å²) in [6, 6.07) is 2.00. The highest BCUT2D eigenvalue weighted by molar-refractivity contribution is 7.10. The molecule has 0 saturated carbocycles. The molecule has 1 saturated heterocycles. The molecule has 2 aromatic rings. The van der Waals surface area contributed by atoms with Crippen molar-refractivity contribution >= 4 is 23.2 Å². The highest BCUT2D eigenvalue weighted by Gasteiger charge is 2.49. The molecule has 1 N–H and O–H groups in total. The first-order valence-electron chi connectivity index (χ1n) is 9.78. The van der Waals surface area contributed by atoms with Crippen molar-refractivity contribution in [3.63, 3.8) is 0 Å². The number of rotatable bonds is 4. The van der Waals surface area contributed by atoms with Crippen LogP contribution >= 0.6 is 11.3 Å². The van der Waals surface area contributed by atoms with Crippen LogP contribution in [0.3, 0.4) is 0 Å². The van der Waals surface area contributed by atoms with Crippen LogP contribution in [0, 0.1) is 0 Å². The van der Waals surface area contributed by atoms with E-state index in [9.17, 15) is 9.59 Å². The van der Waals surface area contributed by atoms with Gasteiger partial charge < -0.3 is 19.5 Å². The average molecular weight is 403 g/mol. The number of fused-ring (bicyclic) bond motifs is 2. The van der Waals surface area contributed by atoms with E-state index in [1.807, 2.05) is 21.2 Å². The van der Waals surface area contributed by atoms with Gasteiger partial charge in [0.2, 0.25) is 5.91 Å². The van der Waals surface area contributed by atoms with E-state index in [0.29, 0.717) is 32.5 Å². The standard InChI is InChI=1S/C20H26N4O3S/c1-3-15-10-14(12-28-15)19(26)23-8-5-20(6-9-23)18-16(21-13-22-18)4-7-24(20)17(25)11-27-2/h10,12-13H,3-9,11H2,1-2H3,(H,21,22). The van der Waals surface area contributed by atoms with Crippen LogP contribution in [0.4, 0.5) is 0 Å². The Morgan fingerprint density at radius 2 is 2.11 bits per heavy atom. The molecule has 0 aliphatic carbocycles. The zero-order valence-electron chi connectivity index (χ0n) is 16.4. The van der Waals surface area contributed by atoms with Gasteiger partial charge in [-0.3, -0.25) is 9.59 Å². The third-order valence-corrected chi connectivity index (χ3v) is 7.04. The molecule has 150 valence electrons. The number of thiophene rings is 1. The largest absolute Gasteiger partial charge is 0.375 e. The number of likely N-dealkylation sites (tertiary alicyclic amines) is 1. The van der Waals surface area contributed by atoms with Gasteiger partial charge >= 0.3 is 0 Å². The number of hydrogen-bond acceptors (Lipinski definition) is 5. The molecule has 2 aromatic heterocycles. The van der Waals surface area contributed by atoms with Crippen LogP contribution in [-0.4, -0.2) is 64.9 Å². The van der Waals surface area contributed by atoms with E-state index in [1.54, 1.807) is 24.8 Å². The number of amides is 2. The van der Waals surface area contributed by atoms with Gasteiger partial charge in [-0.05, 0) is 25.3 Å². The Morgan fingerprint density at radius 3 is 2.79 bits per heavy atom. The number of aromatic amines is 1. The highest BCUT2D eigenvalue weighted by atomic mass is 32.1. The quantitative estimate of drug-likeness (QED) is 0.850. The number of H-pyrrole nitrogens is 1. The first-order chi connectivity index (χ1) is 13.6. The Balaban J connectivity index is 1.56. The lowest BCUT2D eigenvalue weighted by Gasteiger charge is -2.50. The number of hydrogen-bond donors (Lipinski definition) is 1. The molecule has 2 aliphatic heterocycles. The fraction of sp³-hybridized carbons (Fsp3) is 0.550. The number of aromatic nitrogens is 2. The van der Waals surface area contributed by atoms with Crippen molar-refractivity contribution < 1.29 is 14.3 Å². The van der Waals surface area contributed by atoms with Gasteiger partial charge in [0, 0.05) is 49.1 Å². The molecule has 1 spiro atoms. The smallest absolute Gasteiger partial charge is 0.254 e. The molecule has 0 aromatic carbocycles. The lowest BCUT2D eigenvalue weighted by Crippen LogP contribution is -2.59. The van der Waals surface area contributed by atoms with Crippen molar-refractivity contribution in [3.8, 4) is 0 Å². The molecule has 0 unspecified atom stereocenters. The third-order valence-electron chi connectivity index (χ3n) is 5.96. The van der Waals surface area contributed by atoms with Crippen LogP contribution in [0.25, 0.3) is 0 Å². The van der Waals surface area contributed by atoms with Crippen molar-refractivity contribution in [2.24, 2.45) is 0 Å². The Bertz CT molecular complexity index is 866. The molecule has 28 heavy (non-hydrogen) atoms. The van der Waals surface area contributed by atoms with Crippen molar-refractivity contribution in [3.05, 3.63) is 39.6 Å². The summed E-state index contributed by atoms with van der Waals surface area (Å²) in [6.07, 6.45) is 4.81. The number of aryl methyl sites for hydroxylation is 1. The van der Waals surface area contributed by atoms with Crippen LogP contribution in [0.2, 0.25) is 0 Å². The molecule has 7 nitrogen and oxygen atoms in total. The summed E-state index contributed by atoms with van der Waals surface area (Å²) < 4.78 is 5.11. The van der Waals surface area contributed by atoms with Crippen LogP contribution < -0.4 is 0 Å². The van der Waals surface area contributed by atoms with E-state index in [4.69, 9.17) is 4.74 Å². The summed E-state index contributed by atoms with van der Waals surface area (Å²) in [5.41, 5.74) is 2.38. The minimum absolute atomic E-state index is 0.0126. The number of imidazole rings is 1. The predicted molar refractivity (Wildman–Crippen MR) is 106 cm³/mol. The molecular formula is C20H26N4O3S.